The Hall–Kier alpha value is -0.470. The molecule has 0 N–H and O–H groups in total. The first kappa shape index (κ1) is 19.8. The van der Waals surface area contributed by atoms with Crippen LogP contribution in [0.2, 0.25) is 0 Å². The maximum Gasteiger partial charge on any atom is 0.244 e. The van der Waals surface area contributed by atoms with Gasteiger partial charge >= 0.3 is 0 Å². The van der Waals surface area contributed by atoms with Crippen LogP contribution in [0.4, 0.5) is 0 Å². The fourth-order valence-corrected chi connectivity index (χ4v) is 5.60. The van der Waals surface area contributed by atoms with E-state index in [0.29, 0.717) is 35.0 Å². The van der Waals surface area contributed by atoms with Gasteiger partial charge in [0.1, 0.15) is 0 Å². The molecule has 1 saturated heterocycles. The average molecular weight is 418 g/mol. The molecule has 0 radical (unpaired) electrons. The van der Waals surface area contributed by atoms with Crippen LogP contribution < -0.4 is 0 Å². The average Bonchev–Trinajstić information content (AvgIpc) is 2.98. The predicted molar refractivity (Wildman–Crippen MR) is 102 cm³/mol. The normalized spacial score (nSPS) is 19.5. The molecule has 1 fully saturated rings. The van der Waals surface area contributed by atoms with E-state index in [1.54, 1.807) is 22.5 Å². The molecule has 0 amide bonds. The van der Waals surface area contributed by atoms with Gasteiger partial charge in [0.25, 0.3) is 0 Å². The monoisotopic (exact) mass is 417 g/mol. The fraction of sp³-hybridized carbons (Fsp3) is 0.647. The summed E-state index contributed by atoms with van der Waals surface area (Å²) in [6, 6.07) is 7.38. The first-order valence-electron chi connectivity index (χ1n) is 8.49. The lowest BCUT2D eigenvalue weighted by Crippen LogP contribution is -2.45. The van der Waals surface area contributed by atoms with Gasteiger partial charge in [0.05, 0.1) is 4.90 Å². The summed E-state index contributed by atoms with van der Waals surface area (Å²) in [6.07, 6.45) is 2.22. The minimum atomic E-state index is -3.51. The zero-order valence-corrected chi connectivity index (χ0v) is 17.2. The zero-order valence-electron chi connectivity index (χ0n) is 14.8. The number of rotatable bonds is 8. The molecule has 0 aliphatic carbocycles. The highest BCUT2D eigenvalue weighted by atomic mass is 79.9. The smallest absolute Gasteiger partial charge is 0.244 e. The molecule has 1 aromatic rings. The number of halogens is 1. The van der Waals surface area contributed by atoms with E-state index < -0.39 is 10.0 Å². The van der Waals surface area contributed by atoms with Gasteiger partial charge in [-0.3, -0.25) is 4.90 Å². The van der Waals surface area contributed by atoms with Crippen LogP contribution in [0.25, 0.3) is 0 Å². The van der Waals surface area contributed by atoms with E-state index in [1.807, 2.05) is 25.1 Å². The molecule has 1 aromatic carbocycles. The fourth-order valence-electron chi connectivity index (χ4n) is 3.17. The molecule has 5 nitrogen and oxygen atoms in total. The molecule has 7 heteroatoms. The molecule has 1 atom stereocenters. The van der Waals surface area contributed by atoms with Gasteiger partial charge in [0.15, 0.2) is 0 Å². The molecule has 1 heterocycles. The summed E-state index contributed by atoms with van der Waals surface area (Å²) in [4.78, 5) is 4.76. The minimum Gasteiger partial charge on any atom is -0.308 e. The van der Waals surface area contributed by atoms with Gasteiger partial charge in [0, 0.05) is 30.1 Å². The van der Waals surface area contributed by atoms with Gasteiger partial charge in [-0.1, -0.05) is 19.1 Å². The topological polar surface area (TPSA) is 43.9 Å². The van der Waals surface area contributed by atoms with Gasteiger partial charge in [-0.25, -0.2) is 8.42 Å². The van der Waals surface area contributed by atoms with E-state index in [4.69, 9.17) is 0 Å². The van der Waals surface area contributed by atoms with Crippen LogP contribution in [-0.2, 0) is 10.0 Å². The SMILES string of the molecule is CCN1CCCC1CN(CCN(C)C)S(=O)(=O)c1ccccc1Br. The first-order chi connectivity index (χ1) is 11.4. The molecular formula is C17H28BrN3O2S. The van der Waals surface area contributed by atoms with Crippen molar-refractivity contribution in [3.63, 3.8) is 0 Å². The van der Waals surface area contributed by atoms with Crippen molar-refractivity contribution in [2.24, 2.45) is 0 Å². The van der Waals surface area contributed by atoms with Crippen molar-refractivity contribution < 1.29 is 8.42 Å². The third kappa shape index (κ3) is 4.79. The van der Waals surface area contributed by atoms with Crippen molar-refractivity contribution in [3.8, 4) is 0 Å². The van der Waals surface area contributed by atoms with E-state index >= 15 is 0 Å². The molecule has 0 spiro atoms. The molecule has 0 saturated carbocycles. The number of hydrogen-bond donors (Lipinski definition) is 0. The minimum absolute atomic E-state index is 0.314. The van der Waals surface area contributed by atoms with Crippen LogP contribution in [0.1, 0.15) is 19.8 Å². The lowest BCUT2D eigenvalue weighted by Gasteiger charge is -2.30. The zero-order chi connectivity index (χ0) is 17.7. The largest absolute Gasteiger partial charge is 0.308 e. The number of benzene rings is 1. The summed E-state index contributed by atoms with van der Waals surface area (Å²) in [5.74, 6) is 0. The maximum absolute atomic E-state index is 13.2. The second kappa shape index (κ2) is 8.76. The van der Waals surface area contributed by atoms with Crippen molar-refractivity contribution >= 4 is 26.0 Å². The highest BCUT2D eigenvalue weighted by Crippen LogP contribution is 2.26. The lowest BCUT2D eigenvalue weighted by molar-refractivity contribution is 0.220. The van der Waals surface area contributed by atoms with E-state index in [2.05, 4.69) is 27.8 Å². The van der Waals surface area contributed by atoms with Crippen molar-refractivity contribution in [2.75, 3.05) is 46.8 Å². The standard InChI is InChI=1S/C17H28BrN3O2S/c1-4-20-11-7-8-15(20)14-21(13-12-19(2)3)24(22,23)17-10-6-5-9-16(17)18/h5-6,9-10,15H,4,7-8,11-14H2,1-3H3. The summed E-state index contributed by atoms with van der Waals surface area (Å²) < 4.78 is 28.7. The van der Waals surface area contributed by atoms with E-state index in [0.717, 1.165) is 25.9 Å². The van der Waals surface area contributed by atoms with Gasteiger partial charge < -0.3 is 4.90 Å². The molecular weight excluding hydrogens is 390 g/mol. The third-order valence-electron chi connectivity index (χ3n) is 4.57. The van der Waals surface area contributed by atoms with Crippen LogP contribution in [0.3, 0.4) is 0 Å². The Balaban J connectivity index is 2.26. The number of likely N-dealkylation sites (N-methyl/N-ethyl adjacent to an activating group) is 2. The Morgan fingerprint density at radius 3 is 2.58 bits per heavy atom. The van der Waals surface area contributed by atoms with E-state index in [1.165, 1.54) is 0 Å². The summed E-state index contributed by atoms with van der Waals surface area (Å²) in [5, 5.41) is 0. The van der Waals surface area contributed by atoms with Gasteiger partial charge in [0.2, 0.25) is 10.0 Å². The van der Waals surface area contributed by atoms with Crippen LogP contribution >= 0.6 is 15.9 Å². The third-order valence-corrected chi connectivity index (χ3v) is 7.45. The van der Waals surface area contributed by atoms with Crippen molar-refractivity contribution in [1.82, 2.24) is 14.1 Å². The molecule has 0 bridgehead atoms. The van der Waals surface area contributed by atoms with E-state index in [9.17, 15) is 8.42 Å². The number of sulfonamides is 1. The van der Waals surface area contributed by atoms with Crippen molar-refractivity contribution in [2.45, 2.75) is 30.7 Å². The highest BCUT2D eigenvalue weighted by Gasteiger charge is 2.32. The Bertz CT molecular complexity index is 636. The lowest BCUT2D eigenvalue weighted by atomic mass is 10.2. The van der Waals surface area contributed by atoms with Crippen LogP contribution in [0.15, 0.2) is 33.6 Å². The summed E-state index contributed by atoms with van der Waals surface area (Å²) >= 11 is 3.39. The van der Waals surface area contributed by atoms with Crippen molar-refractivity contribution in [3.05, 3.63) is 28.7 Å². The van der Waals surface area contributed by atoms with Gasteiger partial charge in [-0.05, 0) is 68.1 Å². The quantitative estimate of drug-likeness (QED) is 0.651. The second-order valence-corrected chi connectivity index (χ2v) is 9.28. The number of nitrogens with zero attached hydrogens (tertiary/aromatic N) is 3. The Labute approximate surface area is 154 Å². The summed E-state index contributed by atoms with van der Waals surface area (Å²) in [6.45, 7) is 5.96. The van der Waals surface area contributed by atoms with Gasteiger partial charge in [-0.15, -0.1) is 0 Å². The van der Waals surface area contributed by atoms with Crippen LogP contribution in [0, 0.1) is 0 Å². The van der Waals surface area contributed by atoms with Crippen molar-refractivity contribution in [1.29, 1.82) is 0 Å². The Morgan fingerprint density at radius 2 is 1.96 bits per heavy atom. The van der Waals surface area contributed by atoms with E-state index in [-0.39, 0.29) is 0 Å². The summed E-state index contributed by atoms with van der Waals surface area (Å²) in [5.41, 5.74) is 0. The van der Waals surface area contributed by atoms with Crippen LogP contribution in [-0.4, -0.2) is 75.4 Å². The molecule has 24 heavy (non-hydrogen) atoms. The Kier molecular flexibility index (Phi) is 7.24. The summed E-state index contributed by atoms with van der Waals surface area (Å²) in [7, 11) is 0.425. The number of hydrogen-bond acceptors (Lipinski definition) is 4. The molecule has 2 rings (SSSR count). The molecule has 1 aliphatic heterocycles. The Morgan fingerprint density at radius 1 is 1.25 bits per heavy atom. The number of likely N-dealkylation sites (tertiary alicyclic amines) is 1. The molecule has 136 valence electrons. The van der Waals surface area contributed by atoms with Crippen LogP contribution in [0.5, 0.6) is 0 Å². The van der Waals surface area contributed by atoms with Gasteiger partial charge in [-0.2, -0.15) is 4.31 Å². The highest BCUT2D eigenvalue weighted by molar-refractivity contribution is 9.10. The molecule has 1 unspecified atom stereocenters. The second-order valence-electron chi connectivity index (χ2n) is 6.52. The molecule has 1 aliphatic rings. The maximum atomic E-state index is 13.2. The molecule has 0 aromatic heterocycles. The predicted octanol–water partition coefficient (Wildman–Crippen LogP) is 2.49. The first-order valence-corrected chi connectivity index (χ1v) is 10.7.